The van der Waals surface area contributed by atoms with Gasteiger partial charge in [-0.2, -0.15) is 23.4 Å². The van der Waals surface area contributed by atoms with E-state index in [0.29, 0.717) is 11.7 Å². The average molecular weight is 442 g/mol. The molecule has 166 valence electrons. The molecule has 3 aromatic rings. The molecule has 1 amide bonds. The van der Waals surface area contributed by atoms with Crippen molar-refractivity contribution in [3.63, 3.8) is 0 Å². The molecule has 2 aromatic heterocycles. The zero-order valence-electron chi connectivity index (χ0n) is 17.1. The summed E-state index contributed by atoms with van der Waals surface area (Å²) in [6.45, 7) is 1.64. The van der Waals surface area contributed by atoms with Gasteiger partial charge >= 0.3 is 6.18 Å². The zero-order chi connectivity index (χ0) is 22.6. The summed E-state index contributed by atoms with van der Waals surface area (Å²) in [5, 5.41) is 18.7. The number of benzene rings is 1. The molecule has 1 N–H and O–H groups in total. The van der Waals surface area contributed by atoms with E-state index in [1.165, 1.54) is 18.2 Å². The maximum Gasteiger partial charge on any atom is 0.416 e. The monoisotopic (exact) mass is 442 g/mol. The molecule has 1 aliphatic rings. The van der Waals surface area contributed by atoms with E-state index in [2.05, 4.69) is 30.6 Å². The third-order valence-electron chi connectivity index (χ3n) is 5.33. The van der Waals surface area contributed by atoms with Crippen LogP contribution in [0.2, 0.25) is 0 Å². The number of alkyl halides is 3. The minimum atomic E-state index is -4.51. The van der Waals surface area contributed by atoms with Crippen molar-refractivity contribution in [2.75, 3.05) is 23.3 Å². The number of aromatic nitrogens is 4. The highest BCUT2D eigenvalue weighted by Gasteiger charge is 2.33. The van der Waals surface area contributed by atoms with Gasteiger partial charge in [0.05, 0.1) is 17.7 Å². The summed E-state index contributed by atoms with van der Waals surface area (Å²) in [7, 11) is 0. The second-order valence-corrected chi connectivity index (χ2v) is 7.68. The Balaban J connectivity index is 1.33. The van der Waals surface area contributed by atoms with Gasteiger partial charge in [0.25, 0.3) is 0 Å². The molecule has 0 radical (unpaired) electrons. The quantitative estimate of drug-likeness (QED) is 0.629. The van der Waals surface area contributed by atoms with Gasteiger partial charge in [0.1, 0.15) is 0 Å². The number of hydrogen-bond acceptors (Lipinski definition) is 6. The number of anilines is 2. The molecular formula is C22H21F3N6O. The lowest BCUT2D eigenvalue weighted by atomic mass is 10.0. The van der Waals surface area contributed by atoms with Gasteiger partial charge in [-0.25, -0.2) is 0 Å². The molecule has 7 nitrogen and oxygen atoms in total. The normalized spacial score (nSPS) is 16.2. The van der Waals surface area contributed by atoms with Crippen LogP contribution in [0.15, 0.2) is 54.7 Å². The number of rotatable bonds is 6. The first-order valence-electron chi connectivity index (χ1n) is 10.2. The predicted molar refractivity (Wildman–Crippen MR) is 112 cm³/mol. The van der Waals surface area contributed by atoms with Gasteiger partial charge in [0, 0.05) is 19.3 Å². The molecule has 3 heterocycles. The molecule has 1 aromatic carbocycles. The molecule has 4 rings (SSSR count). The largest absolute Gasteiger partial charge is 0.416 e. The summed E-state index contributed by atoms with van der Waals surface area (Å²) in [6.07, 6.45) is -1.44. The van der Waals surface area contributed by atoms with Crippen molar-refractivity contribution in [3.05, 3.63) is 71.5 Å². The van der Waals surface area contributed by atoms with E-state index in [-0.39, 0.29) is 11.4 Å². The van der Waals surface area contributed by atoms with E-state index in [9.17, 15) is 18.0 Å². The van der Waals surface area contributed by atoms with Crippen LogP contribution >= 0.6 is 0 Å². The summed E-state index contributed by atoms with van der Waals surface area (Å²) in [6, 6.07) is 12.2. The van der Waals surface area contributed by atoms with Crippen molar-refractivity contribution in [2.45, 2.75) is 25.4 Å². The van der Waals surface area contributed by atoms with Gasteiger partial charge in [-0.3, -0.25) is 4.79 Å². The highest BCUT2D eigenvalue weighted by molar-refractivity contribution is 5.91. The minimum absolute atomic E-state index is 0.0895. The average Bonchev–Trinajstić information content (AvgIpc) is 3.23. The Morgan fingerprint density at radius 2 is 1.91 bits per heavy atom. The highest BCUT2D eigenvalue weighted by Crippen LogP contribution is 2.32. The number of carbonyl (C=O) groups excluding carboxylic acids is 1. The highest BCUT2D eigenvalue weighted by atomic mass is 19.4. The van der Waals surface area contributed by atoms with Gasteiger partial charge < -0.3 is 10.2 Å². The standard InChI is InChI=1S/C22H21F3N6O/c23-22(24,25)18-6-2-1-4-16(18)13-21(32)27-19-7-8-20(30-29-19)31-11-9-15(14-31)12-17-5-3-10-26-28-17/h1-8,10,15H,9,11-14H2,(H,27,29,32)/t15-/m0/s1. The molecule has 1 atom stereocenters. The molecule has 0 saturated carbocycles. The number of hydrogen-bond donors (Lipinski definition) is 1. The smallest absolute Gasteiger partial charge is 0.355 e. The molecule has 1 fully saturated rings. The molecule has 0 bridgehead atoms. The van der Waals surface area contributed by atoms with Crippen LogP contribution in [-0.2, 0) is 23.8 Å². The van der Waals surface area contributed by atoms with Gasteiger partial charge in [-0.15, -0.1) is 10.2 Å². The van der Waals surface area contributed by atoms with Crippen LogP contribution in [0.4, 0.5) is 24.8 Å². The van der Waals surface area contributed by atoms with Crippen molar-refractivity contribution in [3.8, 4) is 0 Å². The van der Waals surface area contributed by atoms with Gasteiger partial charge in [-0.05, 0) is 54.7 Å². The fraction of sp³-hybridized carbons (Fsp3) is 0.318. The molecule has 32 heavy (non-hydrogen) atoms. The van der Waals surface area contributed by atoms with Crippen molar-refractivity contribution in [2.24, 2.45) is 5.92 Å². The molecule has 1 aliphatic heterocycles. The zero-order valence-corrected chi connectivity index (χ0v) is 17.1. The fourth-order valence-electron chi connectivity index (χ4n) is 3.82. The van der Waals surface area contributed by atoms with Crippen LogP contribution in [0.25, 0.3) is 0 Å². The van der Waals surface area contributed by atoms with Gasteiger partial charge in [-0.1, -0.05) is 18.2 Å². The lowest BCUT2D eigenvalue weighted by Crippen LogP contribution is -2.22. The minimum Gasteiger partial charge on any atom is -0.355 e. The molecule has 1 saturated heterocycles. The lowest BCUT2D eigenvalue weighted by Gasteiger charge is -2.17. The molecule has 0 unspecified atom stereocenters. The Morgan fingerprint density at radius 3 is 2.62 bits per heavy atom. The first-order valence-corrected chi connectivity index (χ1v) is 10.2. The Hall–Kier alpha value is -3.56. The van der Waals surface area contributed by atoms with E-state index >= 15 is 0 Å². The summed E-state index contributed by atoms with van der Waals surface area (Å²) in [5.41, 5.74) is 0.0468. The van der Waals surface area contributed by atoms with Crippen LogP contribution in [0.1, 0.15) is 23.2 Å². The van der Waals surface area contributed by atoms with E-state index in [1.54, 1.807) is 18.3 Å². The topological polar surface area (TPSA) is 83.9 Å². The lowest BCUT2D eigenvalue weighted by molar-refractivity contribution is -0.138. The molecule has 0 aliphatic carbocycles. The van der Waals surface area contributed by atoms with Crippen LogP contribution in [0.3, 0.4) is 0 Å². The first kappa shape index (κ1) is 21.7. The van der Waals surface area contributed by atoms with Crippen LogP contribution in [0.5, 0.6) is 0 Å². The van der Waals surface area contributed by atoms with Crippen molar-refractivity contribution >= 4 is 17.5 Å². The van der Waals surface area contributed by atoms with E-state index in [4.69, 9.17) is 0 Å². The summed E-state index contributed by atoms with van der Waals surface area (Å²) < 4.78 is 39.3. The van der Waals surface area contributed by atoms with Crippen LogP contribution in [0, 0.1) is 5.92 Å². The van der Waals surface area contributed by atoms with E-state index in [0.717, 1.165) is 37.7 Å². The van der Waals surface area contributed by atoms with Crippen molar-refractivity contribution < 1.29 is 18.0 Å². The Labute approximate surface area is 182 Å². The number of nitrogens with zero attached hydrogens (tertiary/aromatic N) is 5. The summed E-state index contributed by atoms with van der Waals surface area (Å²) >= 11 is 0. The third kappa shape index (κ3) is 5.37. The number of nitrogens with one attached hydrogen (secondary N) is 1. The molecular weight excluding hydrogens is 421 g/mol. The number of amides is 1. The van der Waals surface area contributed by atoms with Crippen molar-refractivity contribution in [1.82, 2.24) is 20.4 Å². The number of carbonyl (C=O) groups is 1. The second-order valence-electron chi connectivity index (χ2n) is 7.68. The van der Waals surface area contributed by atoms with Crippen LogP contribution in [-0.4, -0.2) is 39.4 Å². The van der Waals surface area contributed by atoms with Crippen LogP contribution < -0.4 is 10.2 Å². The predicted octanol–water partition coefficient (Wildman–Crippen LogP) is 3.54. The maximum absolute atomic E-state index is 13.1. The van der Waals surface area contributed by atoms with Crippen molar-refractivity contribution in [1.29, 1.82) is 0 Å². The third-order valence-corrected chi connectivity index (χ3v) is 5.33. The first-order chi connectivity index (χ1) is 15.4. The fourth-order valence-corrected chi connectivity index (χ4v) is 3.82. The van der Waals surface area contributed by atoms with E-state index in [1.807, 2.05) is 12.1 Å². The summed E-state index contributed by atoms with van der Waals surface area (Å²) in [4.78, 5) is 14.4. The Kier molecular flexibility index (Phi) is 6.29. The molecule has 10 heteroatoms. The maximum atomic E-state index is 13.1. The van der Waals surface area contributed by atoms with Gasteiger partial charge in [0.2, 0.25) is 5.91 Å². The Morgan fingerprint density at radius 1 is 1.06 bits per heavy atom. The second kappa shape index (κ2) is 9.29. The van der Waals surface area contributed by atoms with E-state index < -0.39 is 24.1 Å². The Bertz CT molecular complexity index is 1060. The number of halogens is 3. The summed E-state index contributed by atoms with van der Waals surface area (Å²) in [5.74, 6) is 0.723. The van der Waals surface area contributed by atoms with Gasteiger partial charge in [0.15, 0.2) is 11.6 Å². The molecule has 0 spiro atoms. The SMILES string of the molecule is O=C(Cc1ccccc1C(F)(F)F)Nc1ccc(N2CC[C@@H](Cc3cccnn3)C2)nn1.